The summed E-state index contributed by atoms with van der Waals surface area (Å²) in [5.41, 5.74) is 0. The quantitative estimate of drug-likeness (QED) is 0.260. The van der Waals surface area contributed by atoms with Crippen molar-refractivity contribution in [2.24, 2.45) is 0 Å². The van der Waals surface area contributed by atoms with Crippen molar-refractivity contribution in [3.8, 4) is 0 Å². The van der Waals surface area contributed by atoms with E-state index in [1.165, 1.54) is 77.0 Å². The molecular formula is C20H38O3. The van der Waals surface area contributed by atoms with Crippen LogP contribution in [0.2, 0.25) is 0 Å². The van der Waals surface area contributed by atoms with Crippen LogP contribution in [0.1, 0.15) is 103 Å². The van der Waals surface area contributed by atoms with Crippen LogP contribution in [-0.4, -0.2) is 22.3 Å². The van der Waals surface area contributed by atoms with Crippen molar-refractivity contribution in [1.29, 1.82) is 0 Å². The number of allylic oxidation sites excluding steroid dienone is 2. The van der Waals surface area contributed by atoms with E-state index in [0.717, 1.165) is 6.42 Å². The van der Waals surface area contributed by atoms with Gasteiger partial charge in [-0.15, -0.1) is 0 Å². The fourth-order valence-corrected chi connectivity index (χ4v) is 2.72. The van der Waals surface area contributed by atoms with Crippen molar-refractivity contribution in [1.82, 2.24) is 0 Å². The van der Waals surface area contributed by atoms with Gasteiger partial charge in [-0.1, -0.05) is 89.7 Å². The molecule has 0 aromatic carbocycles. The van der Waals surface area contributed by atoms with Gasteiger partial charge in [0, 0.05) is 0 Å². The lowest BCUT2D eigenvalue weighted by molar-refractivity contribution is -0.146. The first-order valence-electron chi connectivity index (χ1n) is 9.74. The highest BCUT2D eigenvalue weighted by Crippen LogP contribution is 2.12. The van der Waals surface area contributed by atoms with Gasteiger partial charge < -0.3 is 10.2 Å². The maximum atomic E-state index is 10.4. The van der Waals surface area contributed by atoms with Crippen LogP contribution in [0.4, 0.5) is 0 Å². The number of carbonyl (C=O) groups is 1. The molecule has 0 heterocycles. The summed E-state index contributed by atoms with van der Waals surface area (Å²) in [4.78, 5) is 10.4. The predicted octanol–water partition coefficient (Wildman–Crippen LogP) is 5.86. The molecule has 3 nitrogen and oxygen atoms in total. The van der Waals surface area contributed by atoms with E-state index >= 15 is 0 Å². The van der Waals surface area contributed by atoms with Gasteiger partial charge in [0.15, 0.2) is 6.10 Å². The molecule has 23 heavy (non-hydrogen) atoms. The molecule has 0 spiro atoms. The molecule has 2 N–H and O–H groups in total. The summed E-state index contributed by atoms with van der Waals surface area (Å²) in [6.45, 7) is 2.26. The van der Waals surface area contributed by atoms with Crippen molar-refractivity contribution in [3.05, 3.63) is 12.2 Å². The van der Waals surface area contributed by atoms with Crippen molar-refractivity contribution in [2.75, 3.05) is 0 Å². The molecule has 0 fully saturated rings. The first-order chi connectivity index (χ1) is 11.2. The van der Waals surface area contributed by atoms with Crippen LogP contribution in [0, 0.1) is 0 Å². The van der Waals surface area contributed by atoms with E-state index < -0.39 is 12.1 Å². The molecule has 0 bridgehead atoms. The van der Waals surface area contributed by atoms with Gasteiger partial charge >= 0.3 is 5.97 Å². The van der Waals surface area contributed by atoms with Crippen LogP contribution in [0.25, 0.3) is 0 Å². The second-order valence-corrected chi connectivity index (χ2v) is 6.58. The number of hydrogen-bond acceptors (Lipinski definition) is 2. The smallest absolute Gasteiger partial charge is 0.332 e. The van der Waals surface area contributed by atoms with E-state index in [-0.39, 0.29) is 0 Å². The summed E-state index contributed by atoms with van der Waals surface area (Å²) >= 11 is 0. The number of carboxylic acid groups (broad SMARTS) is 1. The van der Waals surface area contributed by atoms with Gasteiger partial charge in [-0.25, -0.2) is 4.79 Å². The highest BCUT2D eigenvalue weighted by atomic mass is 16.4. The molecule has 1 atom stereocenters. The van der Waals surface area contributed by atoms with E-state index in [4.69, 9.17) is 10.2 Å². The average Bonchev–Trinajstić information content (AvgIpc) is 2.54. The van der Waals surface area contributed by atoms with Gasteiger partial charge in [0.2, 0.25) is 0 Å². The maximum Gasteiger partial charge on any atom is 0.332 e. The number of aliphatic hydroxyl groups excluding tert-OH is 1. The molecule has 0 saturated heterocycles. The Kier molecular flexibility index (Phi) is 16.9. The Labute approximate surface area is 143 Å². The zero-order chi connectivity index (χ0) is 17.2. The lowest BCUT2D eigenvalue weighted by Crippen LogP contribution is -2.18. The summed E-state index contributed by atoms with van der Waals surface area (Å²) < 4.78 is 0. The van der Waals surface area contributed by atoms with E-state index in [0.29, 0.717) is 12.8 Å². The van der Waals surface area contributed by atoms with Crippen molar-refractivity contribution < 1.29 is 15.0 Å². The Hall–Kier alpha value is -0.830. The normalized spacial score (nSPS) is 12.8. The van der Waals surface area contributed by atoms with Gasteiger partial charge in [0.25, 0.3) is 0 Å². The first kappa shape index (κ1) is 22.2. The Morgan fingerprint density at radius 2 is 1.22 bits per heavy atom. The number of unbranched alkanes of at least 4 members (excludes halogenated alkanes) is 12. The van der Waals surface area contributed by atoms with Gasteiger partial charge in [-0.2, -0.15) is 0 Å². The molecule has 0 unspecified atom stereocenters. The fourth-order valence-electron chi connectivity index (χ4n) is 2.72. The van der Waals surface area contributed by atoms with Crippen molar-refractivity contribution >= 4 is 5.97 Å². The molecule has 0 aromatic rings. The molecule has 0 aromatic heterocycles. The zero-order valence-electron chi connectivity index (χ0n) is 15.1. The Bertz CT molecular complexity index is 287. The number of rotatable bonds is 17. The Morgan fingerprint density at radius 1 is 0.783 bits per heavy atom. The van der Waals surface area contributed by atoms with E-state index in [1.807, 2.05) is 6.08 Å². The topological polar surface area (TPSA) is 57.5 Å². The van der Waals surface area contributed by atoms with E-state index in [9.17, 15) is 4.79 Å². The zero-order valence-corrected chi connectivity index (χ0v) is 15.1. The first-order valence-corrected chi connectivity index (χ1v) is 9.74. The third-order valence-electron chi connectivity index (χ3n) is 4.28. The average molecular weight is 327 g/mol. The van der Waals surface area contributed by atoms with Gasteiger partial charge in [0.1, 0.15) is 0 Å². The molecule has 0 rings (SSSR count). The lowest BCUT2D eigenvalue weighted by Gasteiger charge is -2.02. The molecule has 136 valence electrons. The number of carboxylic acids is 1. The van der Waals surface area contributed by atoms with Crippen LogP contribution >= 0.6 is 0 Å². The summed E-state index contributed by atoms with van der Waals surface area (Å²) in [6, 6.07) is 0. The molecule has 3 heteroatoms. The molecule has 0 saturated carbocycles. The van der Waals surface area contributed by atoms with Crippen molar-refractivity contribution in [3.63, 3.8) is 0 Å². The largest absolute Gasteiger partial charge is 0.479 e. The minimum absolute atomic E-state index is 0.310. The SMILES string of the molecule is CCCCCCCCCCCCCCC=CCC[C@H](O)C(=O)O. The molecule has 0 aliphatic heterocycles. The van der Waals surface area contributed by atoms with Crippen LogP contribution in [-0.2, 0) is 4.79 Å². The van der Waals surface area contributed by atoms with E-state index in [1.54, 1.807) is 0 Å². The summed E-state index contributed by atoms with van der Waals surface area (Å²) in [6.07, 6.45) is 21.3. The van der Waals surface area contributed by atoms with Crippen LogP contribution in [0.5, 0.6) is 0 Å². The summed E-state index contributed by atoms with van der Waals surface area (Å²) in [5, 5.41) is 17.6. The molecule has 0 aliphatic carbocycles. The second-order valence-electron chi connectivity index (χ2n) is 6.58. The Morgan fingerprint density at radius 3 is 1.70 bits per heavy atom. The van der Waals surface area contributed by atoms with Crippen molar-refractivity contribution in [2.45, 2.75) is 109 Å². The summed E-state index contributed by atoms with van der Waals surface area (Å²) in [5.74, 6) is -1.13. The lowest BCUT2D eigenvalue weighted by atomic mass is 10.0. The molecule has 0 radical (unpaired) electrons. The highest BCUT2D eigenvalue weighted by Gasteiger charge is 2.10. The fraction of sp³-hybridized carbons (Fsp3) is 0.850. The number of hydrogen-bond donors (Lipinski definition) is 2. The number of aliphatic carboxylic acids is 1. The third-order valence-corrected chi connectivity index (χ3v) is 4.28. The monoisotopic (exact) mass is 326 g/mol. The minimum atomic E-state index is -1.22. The second kappa shape index (κ2) is 17.5. The predicted molar refractivity (Wildman–Crippen MR) is 97.7 cm³/mol. The summed E-state index contributed by atoms with van der Waals surface area (Å²) in [7, 11) is 0. The molecule has 0 aliphatic rings. The molecule has 0 amide bonds. The van der Waals surface area contributed by atoms with Gasteiger partial charge in [-0.05, 0) is 25.7 Å². The van der Waals surface area contributed by atoms with Crippen LogP contribution in [0.3, 0.4) is 0 Å². The third kappa shape index (κ3) is 17.4. The van der Waals surface area contributed by atoms with Crippen LogP contribution < -0.4 is 0 Å². The standard InChI is InChI=1S/C20H38O3/c1-2-3-4-5-6-7-8-9-10-11-12-13-14-15-16-17-18-19(21)20(22)23/h15-16,19,21H,2-14,17-18H2,1H3,(H,22,23)/t19-/m0/s1. The van der Waals surface area contributed by atoms with E-state index in [2.05, 4.69) is 13.0 Å². The van der Waals surface area contributed by atoms with Gasteiger partial charge in [0.05, 0.1) is 0 Å². The van der Waals surface area contributed by atoms with Gasteiger partial charge in [-0.3, -0.25) is 0 Å². The number of aliphatic hydroxyl groups is 1. The Balaban J connectivity index is 3.14. The minimum Gasteiger partial charge on any atom is -0.479 e. The molecular weight excluding hydrogens is 288 g/mol. The highest BCUT2D eigenvalue weighted by molar-refractivity contribution is 5.71. The maximum absolute atomic E-state index is 10.4. The van der Waals surface area contributed by atoms with Crippen LogP contribution in [0.15, 0.2) is 12.2 Å².